The zero-order valence-corrected chi connectivity index (χ0v) is 13.7. The van der Waals surface area contributed by atoms with Gasteiger partial charge in [0, 0.05) is 16.3 Å². The summed E-state index contributed by atoms with van der Waals surface area (Å²) in [6.07, 6.45) is 7.97. The monoisotopic (exact) mass is 304 g/mol. The topological polar surface area (TPSA) is 42.7 Å². The molecule has 0 aliphatic heterocycles. The highest BCUT2D eigenvalue weighted by atomic mass is 32.1. The number of thiophene rings is 1. The molecule has 1 N–H and O–H groups in total. The first-order valence-corrected chi connectivity index (χ1v) is 8.88. The lowest BCUT2D eigenvalue weighted by molar-refractivity contribution is 0.507. The van der Waals surface area contributed by atoms with Crippen LogP contribution in [0.3, 0.4) is 0 Å². The molecule has 0 spiro atoms. The number of aromatic nitrogens is 3. The van der Waals surface area contributed by atoms with Gasteiger partial charge in [0.1, 0.15) is 0 Å². The van der Waals surface area contributed by atoms with Crippen molar-refractivity contribution in [3.05, 3.63) is 33.3 Å². The molecule has 114 valence electrons. The number of rotatable bonds is 7. The first kappa shape index (κ1) is 14.7. The number of hydrogen-bond donors (Lipinski definition) is 1. The normalized spacial score (nSPS) is 15.3. The number of aryl methyl sites for hydroxylation is 3. The van der Waals surface area contributed by atoms with Crippen molar-refractivity contribution in [1.82, 2.24) is 20.3 Å². The van der Waals surface area contributed by atoms with Crippen LogP contribution < -0.4 is 5.32 Å². The van der Waals surface area contributed by atoms with Crippen LogP contribution in [0.5, 0.6) is 0 Å². The quantitative estimate of drug-likeness (QED) is 0.853. The van der Waals surface area contributed by atoms with Crippen molar-refractivity contribution in [2.75, 3.05) is 6.54 Å². The minimum absolute atomic E-state index is 0.238. The second-order valence-electron chi connectivity index (χ2n) is 5.72. The van der Waals surface area contributed by atoms with E-state index in [1.807, 2.05) is 17.5 Å². The van der Waals surface area contributed by atoms with E-state index in [1.54, 1.807) is 10.4 Å². The molecule has 0 radical (unpaired) electrons. The fourth-order valence-corrected chi connectivity index (χ4v) is 4.35. The van der Waals surface area contributed by atoms with Crippen LogP contribution in [0, 0.1) is 0 Å². The van der Waals surface area contributed by atoms with Crippen molar-refractivity contribution in [2.24, 2.45) is 0 Å². The van der Waals surface area contributed by atoms with Gasteiger partial charge in [-0.05, 0) is 50.3 Å². The standard InChI is InChI=1S/C16H24N4S/c1-3-8-17-16(13-11-18-19-20(13)9-4-2)15-10-12-6-5-7-14(12)21-15/h10-11,16-17H,3-9H2,1-2H3. The summed E-state index contributed by atoms with van der Waals surface area (Å²) in [6, 6.07) is 2.64. The van der Waals surface area contributed by atoms with E-state index in [0.29, 0.717) is 0 Å². The van der Waals surface area contributed by atoms with Crippen LogP contribution in [0.4, 0.5) is 0 Å². The summed E-state index contributed by atoms with van der Waals surface area (Å²) in [5, 5.41) is 12.1. The Morgan fingerprint density at radius 3 is 3.00 bits per heavy atom. The van der Waals surface area contributed by atoms with E-state index < -0.39 is 0 Å². The van der Waals surface area contributed by atoms with Gasteiger partial charge in [0.15, 0.2) is 0 Å². The highest BCUT2D eigenvalue weighted by molar-refractivity contribution is 7.12. The maximum absolute atomic E-state index is 4.26. The minimum Gasteiger partial charge on any atom is -0.304 e. The molecule has 0 bridgehead atoms. The van der Waals surface area contributed by atoms with E-state index in [1.165, 1.54) is 29.8 Å². The maximum atomic E-state index is 4.26. The molecule has 1 unspecified atom stereocenters. The number of nitrogens with one attached hydrogen (secondary N) is 1. The Labute approximate surface area is 130 Å². The second-order valence-corrected chi connectivity index (χ2v) is 6.89. The molecule has 0 aromatic carbocycles. The first-order valence-electron chi connectivity index (χ1n) is 8.06. The smallest absolute Gasteiger partial charge is 0.0858 e. The molecule has 1 aliphatic carbocycles. The van der Waals surface area contributed by atoms with E-state index >= 15 is 0 Å². The van der Waals surface area contributed by atoms with Gasteiger partial charge in [-0.3, -0.25) is 0 Å². The van der Waals surface area contributed by atoms with E-state index in [0.717, 1.165) is 25.9 Å². The Hall–Kier alpha value is -1.20. The summed E-state index contributed by atoms with van der Waals surface area (Å²) < 4.78 is 2.05. The van der Waals surface area contributed by atoms with Crippen LogP contribution in [-0.2, 0) is 19.4 Å². The number of fused-ring (bicyclic) bond motifs is 1. The van der Waals surface area contributed by atoms with Gasteiger partial charge in [-0.1, -0.05) is 19.1 Å². The first-order chi connectivity index (χ1) is 10.3. The lowest BCUT2D eigenvalue weighted by Gasteiger charge is -2.18. The molecule has 0 saturated carbocycles. The molecule has 5 heteroatoms. The molecule has 2 aromatic heterocycles. The van der Waals surface area contributed by atoms with Crippen LogP contribution in [0.2, 0.25) is 0 Å². The summed E-state index contributed by atoms with van der Waals surface area (Å²) in [4.78, 5) is 3.01. The van der Waals surface area contributed by atoms with Crippen LogP contribution in [0.25, 0.3) is 0 Å². The van der Waals surface area contributed by atoms with Crippen molar-refractivity contribution in [3.63, 3.8) is 0 Å². The highest BCUT2D eigenvalue weighted by Gasteiger charge is 2.23. The van der Waals surface area contributed by atoms with E-state index in [4.69, 9.17) is 0 Å². The molecular weight excluding hydrogens is 280 g/mol. The zero-order valence-electron chi connectivity index (χ0n) is 12.9. The minimum atomic E-state index is 0.238. The summed E-state index contributed by atoms with van der Waals surface area (Å²) in [6.45, 7) is 6.34. The zero-order chi connectivity index (χ0) is 14.7. The van der Waals surface area contributed by atoms with Crippen LogP contribution in [0.1, 0.15) is 60.2 Å². The highest BCUT2D eigenvalue weighted by Crippen LogP contribution is 2.35. The molecule has 2 heterocycles. The predicted octanol–water partition coefficient (Wildman–Crippen LogP) is 3.33. The Kier molecular flexibility index (Phi) is 4.70. The van der Waals surface area contributed by atoms with E-state index in [-0.39, 0.29) is 6.04 Å². The summed E-state index contributed by atoms with van der Waals surface area (Å²) in [5.41, 5.74) is 2.76. The van der Waals surface area contributed by atoms with Gasteiger partial charge in [-0.2, -0.15) is 0 Å². The molecule has 3 rings (SSSR count). The third kappa shape index (κ3) is 3.04. The van der Waals surface area contributed by atoms with Crippen LogP contribution >= 0.6 is 11.3 Å². The van der Waals surface area contributed by atoms with E-state index in [2.05, 4.69) is 40.2 Å². The van der Waals surface area contributed by atoms with Crippen molar-refractivity contribution < 1.29 is 0 Å². The number of hydrogen-bond acceptors (Lipinski definition) is 4. The second kappa shape index (κ2) is 6.71. The van der Waals surface area contributed by atoms with Gasteiger partial charge in [0.05, 0.1) is 17.9 Å². The van der Waals surface area contributed by atoms with Crippen LogP contribution in [0.15, 0.2) is 12.3 Å². The fraction of sp³-hybridized carbons (Fsp3) is 0.625. The molecule has 0 amide bonds. The third-order valence-electron chi connectivity index (χ3n) is 4.03. The number of nitrogens with zero attached hydrogens (tertiary/aromatic N) is 3. The van der Waals surface area contributed by atoms with Crippen molar-refractivity contribution >= 4 is 11.3 Å². The fourth-order valence-electron chi connectivity index (χ4n) is 3.01. The SMILES string of the molecule is CCCNC(c1cc2c(s1)CCC2)c1cnnn1CCC. The lowest BCUT2D eigenvalue weighted by Crippen LogP contribution is -2.25. The molecule has 1 aliphatic rings. The Balaban J connectivity index is 1.90. The Bertz CT molecular complexity index is 565. The average Bonchev–Trinajstić information content (AvgIpc) is 3.16. The Morgan fingerprint density at radius 1 is 1.33 bits per heavy atom. The summed E-state index contributed by atoms with van der Waals surface area (Å²) in [7, 11) is 0. The van der Waals surface area contributed by atoms with E-state index in [9.17, 15) is 0 Å². The molecule has 0 fully saturated rings. The molecule has 21 heavy (non-hydrogen) atoms. The largest absolute Gasteiger partial charge is 0.304 e. The third-order valence-corrected chi connectivity index (χ3v) is 5.33. The molecule has 1 atom stereocenters. The summed E-state index contributed by atoms with van der Waals surface area (Å²) >= 11 is 1.97. The van der Waals surface area contributed by atoms with Gasteiger partial charge in [-0.25, -0.2) is 4.68 Å². The van der Waals surface area contributed by atoms with Crippen molar-refractivity contribution in [1.29, 1.82) is 0 Å². The van der Waals surface area contributed by atoms with Gasteiger partial charge in [0.2, 0.25) is 0 Å². The molecule has 2 aromatic rings. The lowest BCUT2D eigenvalue weighted by atomic mass is 10.1. The maximum Gasteiger partial charge on any atom is 0.0858 e. The summed E-state index contributed by atoms with van der Waals surface area (Å²) in [5.74, 6) is 0. The Morgan fingerprint density at radius 2 is 2.24 bits per heavy atom. The van der Waals surface area contributed by atoms with Crippen LogP contribution in [-0.4, -0.2) is 21.5 Å². The van der Waals surface area contributed by atoms with Gasteiger partial charge in [0.25, 0.3) is 0 Å². The van der Waals surface area contributed by atoms with Crippen molar-refractivity contribution in [3.8, 4) is 0 Å². The molecule has 0 saturated heterocycles. The van der Waals surface area contributed by atoms with Gasteiger partial charge >= 0.3 is 0 Å². The van der Waals surface area contributed by atoms with Gasteiger partial charge < -0.3 is 5.32 Å². The van der Waals surface area contributed by atoms with Crippen molar-refractivity contribution in [2.45, 2.75) is 58.5 Å². The predicted molar refractivity (Wildman–Crippen MR) is 86.8 cm³/mol. The molecular formula is C16H24N4S. The van der Waals surface area contributed by atoms with Gasteiger partial charge in [-0.15, -0.1) is 16.4 Å². The average molecular weight is 304 g/mol. The molecule has 4 nitrogen and oxygen atoms in total.